The van der Waals surface area contributed by atoms with E-state index in [1.54, 1.807) is 7.11 Å². The van der Waals surface area contributed by atoms with Gasteiger partial charge in [-0.3, -0.25) is 4.79 Å². The van der Waals surface area contributed by atoms with Crippen molar-refractivity contribution in [3.63, 3.8) is 0 Å². The van der Waals surface area contributed by atoms with Gasteiger partial charge in [0, 0.05) is 22.9 Å². The van der Waals surface area contributed by atoms with Gasteiger partial charge in [0.2, 0.25) is 6.79 Å². The van der Waals surface area contributed by atoms with Crippen molar-refractivity contribution < 1.29 is 23.9 Å². The van der Waals surface area contributed by atoms with Gasteiger partial charge in [0.25, 0.3) is 5.91 Å². The molecule has 1 amide bonds. The second-order valence-corrected chi connectivity index (χ2v) is 7.28. The van der Waals surface area contributed by atoms with Gasteiger partial charge >= 0.3 is 0 Å². The molecule has 1 aliphatic rings. The highest BCUT2D eigenvalue weighted by atomic mass is 16.7. The molecule has 0 bridgehead atoms. The number of quaternary nitrogens is 1. The van der Waals surface area contributed by atoms with Crippen molar-refractivity contribution in [3.05, 3.63) is 83.9 Å². The Labute approximate surface area is 176 Å². The van der Waals surface area contributed by atoms with Gasteiger partial charge in [0.15, 0.2) is 17.5 Å². The van der Waals surface area contributed by atoms with E-state index in [1.165, 1.54) is 0 Å². The topological polar surface area (TPSA) is 61.2 Å². The highest BCUT2D eigenvalue weighted by Crippen LogP contribution is 2.32. The maximum absolute atomic E-state index is 13.3. The molecule has 0 fully saturated rings. The molecule has 3 aromatic rings. The van der Waals surface area contributed by atoms with Crippen LogP contribution in [-0.4, -0.2) is 26.9 Å². The van der Waals surface area contributed by atoms with Crippen LogP contribution in [0.1, 0.15) is 17.2 Å². The van der Waals surface area contributed by atoms with Gasteiger partial charge in [-0.25, -0.2) is 0 Å². The maximum atomic E-state index is 13.3. The number of rotatable bonds is 7. The number of amides is 1. The molecule has 0 aliphatic carbocycles. The summed E-state index contributed by atoms with van der Waals surface area (Å²) in [7, 11) is 3.63. The molecule has 2 N–H and O–H groups in total. The molecule has 154 valence electrons. The number of ether oxygens (including phenoxy) is 3. The van der Waals surface area contributed by atoms with E-state index in [1.807, 2.05) is 79.8 Å². The molecule has 2 atom stereocenters. The van der Waals surface area contributed by atoms with Crippen LogP contribution in [0.25, 0.3) is 0 Å². The third-order valence-corrected chi connectivity index (χ3v) is 5.15. The van der Waals surface area contributed by atoms with Gasteiger partial charge in [-0.2, -0.15) is 0 Å². The van der Waals surface area contributed by atoms with E-state index in [0.29, 0.717) is 18.0 Å². The van der Waals surface area contributed by atoms with E-state index in [-0.39, 0.29) is 18.7 Å². The van der Waals surface area contributed by atoms with Crippen molar-refractivity contribution in [2.75, 3.05) is 26.3 Å². The van der Waals surface area contributed by atoms with Crippen LogP contribution in [0.15, 0.2) is 72.8 Å². The molecule has 0 radical (unpaired) electrons. The second kappa shape index (κ2) is 8.88. The third kappa shape index (κ3) is 4.39. The first-order chi connectivity index (χ1) is 14.6. The molecule has 0 spiro atoms. The van der Waals surface area contributed by atoms with Crippen LogP contribution < -0.4 is 24.4 Å². The summed E-state index contributed by atoms with van der Waals surface area (Å²) in [5.41, 5.74) is 2.74. The standard InChI is InChI=1S/C24H24N2O4/c1-26(15-17-11-12-21-22(13-17)30-16-29-21)23(18-7-4-3-5-8-18)24(27)25-19-9-6-10-20(14-19)28-2/h3-14,23H,15-16H2,1-2H3,(H,25,27)/p+1/t23-/m0/s1. The quantitative estimate of drug-likeness (QED) is 0.635. The maximum Gasteiger partial charge on any atom is 0.287 e. The first-order valence-electron chi connectivity index (χ1n) is 9.85. The molecule has 4 rings (SSSR count). The van der Waals surface area contributed by atoms with Crippen molar-refractivity contribution in [1.29, 1.82) is 0 Å². The van der Waals surface area contributed by atoms with Crippen LogP contribution in [0, 0.1) is 0 Å². The zero-order valence-corrected chi connectivity index (χ0v) is 17.1. The molecule has 30 heavy (non-hydrogen) atoms. The fourth-order valence-electron chi connectivity index (χ4n) is 3.70. The molecule has 3 aromatic carbocycles. The molecule has 6 heteroatoms. The zero-order valence-electron chi connectivity index (χ0n) is 17.1. The molecule has 6 nitrogen and oxygen atoms in total. The van der Waals surface area contributed by atoms with E-state index in [2.05, 4.69) is 5.32 Å². The Balaban J connectivity index is 1.56. The van der Waals surface area contributed by atoms with E-state index < -0.39 is 0 Å². The summed E-state index contributed by atoms with van der Waals surface area (Å²) in [6.07, 6.45) is 0. The summed E-state index contributed by atoms with van der Waals surface area (Å²) >= 11 is 0. The molecule has 0 aromatic heterocycles. The summed E-state index contributed by atoms with van der Waals surface area (Å²) in [6.45, 7) is 0.902. The third-order valence-electron chi connectivity index (χ3n) is 5.15. The smallest absolute Gasteiger partial charge is 0.287 e. The highest BCUT2D eigenvalue weighted by Gasteiger charge is 2.29. The van der Waals surface area contributed by atoms with Gasteiger partial charge in [-0.1, -0.05) is 36.4 Å². The summed E-state index contributed by atoms with van der Waals surface area (Å²) in [5.74, 6) is 2.13. The average molecular weight is 405 g/mol. The molecule has 1 heterocycles. The number of methoxy groups -OCH3 is 1. The van der Waals surface area contributed by atoms with Crippen LogP contribution in [0.5, 0.6) is 17.2 Å². The normalized spacial score (nSPS) is 14.1. The number of carbonyl (C=O) groups excluding carboxylic acids is 1. The molecule has 1 aliphatic heterocycles. The van der Waals surface area contributed by atoms with Crippen LogP contribution in [0.4, 0.5) is 5.69 Å². The summed E-state index contributed by atoms with van der Waals surface area (Å²) in [6, 6.07) is 22.7. The number of carbonyl (C=O) groups is 1. The minimum absolute atomic E-state index is 0.0762. The fraction of sp³-hybridized carbons (Fsp3) is 0.208. The monoisotopic (exact) mass is 405 g/mol. The van der Waals surface area contributed by atoms with Gasteiger partial charge in [-0.05, 0) is 30.3 Å². The Morgan fingerprint density at radius 2 is 1.83 bits per heavy atom. The lowest BCUT2D eigenvalue weighted by Crippen LogP contribution is -3.09. The van der Waals surface area contributed by atoms with Gasteiger partial charge in [0.1, 0.15) is 12.3 Å². The molecule has 0 saturated heterocycles. The summed E-state index contributed by atoms with van der Waals surface area (Å²) in [4.78, 5) is 14.4. The van der Waals surface area contributed by atoms with Gasteiger partial charge in [-0.15, -0.1) is 0 Å². The summed E-state index contributed by atoms with van der Waals surface area (Å²) < 4.78 is 16.2. The Bertz CT molecular complexity index is 1020. The Morgan fingerprint density at radius 3 is 2.63 bits per heavy atom. The van der Waals surface area contributed by atoms with Crippen LogP contribution in [-0.2, 0) is 11.3 Å². The van der Waals surface area contributed by atoms with Crippen molar-refractivity contribution in [1.82, 2.24) is 0 Å². The predicted molar refractivity (Wildman–Crippen MR) is 114 cm³/mol. The number of nitrogens with one attached hydrogen (secondary N) is 2. The van der Waals surface area contributed by atoms with E-state index in [9.17, 15) is 4.79 Å². The number of likely N-dealkylation sites (N-methyl/N-ethyl adjacent to an activating group) is 1. The van der Waals surface area contributed by atoms with Gasteiger partial charge < -0.3 is 24.4 Å². The lowest BCUT2D eigenvalue weighted by atomic mass is 10.0. The summed E-state index contributed by atoms with van der Waals surface area (Å²) in [5, 5.41) is 3.04. The minimum atomic E-state index is -0.386. The number of hydrogen-bond acceptors (Lipinski definition) is 4. The lowest BCUT2D eigenvalue weighted by Gasteiger charge is -2.25. The number of anilines is 1. The first-order valence-corrected chi connectivity index (χ1v) is 9.85. The molecular formula is C24H25N2O4+. The van der Waals surface area contributed by atoms with Crippen LogP contribution >= 0.6 is 0 Å². The SMILES string of the molecule is COc1cccc(NC(=O)[C@H](c2ccccc2)[NH+](C)Cc2ccc3c(c2)OCO3)c1. The molecular weight excluding hydrogens is 380 g/mol. The van der Waals surface area contributed by atoms with Crippen molar-refractivity contribution in [2.45, 2.75) is 12.6 Å². The largest absolute Gasteiger partial charge is 0.497 e. The fourth-order valence-corrected chi connectivity index (χ4v) is 3.70. The first kappa shape index (κ1) is 19.8. The number of hydrogen-bond donors (Lipinski definition) is 2. The van der Waals surface area contributed by atoms with E-state index in [4.69, 9.17) is 14.2 Å². The zero-order chi connectivity index (χ0) is 20.9. The van der Waals surface area contributed by atoms with Crippen LogP contribution in [0.3, 0.4) is 0 Å². The van der Waals surface area contributed by atoms with Gasteiger partial charge in [0.05, 0.1) is 14.2 Å². The lowest BCUT2D eigenvalue weighted by molar-refractivity contribution is -0.915. The number of benzene rings is 3. The number of fused-ring (bicyclic) bond motifs is 1. The second-order valence-electron chi connectivity index (χ2n) is 7.28. The van der Waals surface area contributed by atoms with Crippen LogP contribution in [0.2, 0.25) is 0 Å². The minimum Gasteiger partial charge on any atom is -0.497 e. The highest BCUT2D eigenvalue weighted by molar-refractivity contribution is 5.94. The Hall–Kier alpha value is -3.51. The van der Waals surface area contributed by atoms with E-state index in [0.717, 1.165) is 27.5 Å². The van der Waals surface area contributed by atoms with Crippen molar-refractivity contribution >= 4 is 11.6 Å². The Kier molecular flexibility index (Phi) is 5.86. The van der Waals surface area contributed by atoms with Crippen molar-refractivity contribution in [2.24, 2.45) is 0 Å². The molecule has 0 saturated carbocycles. The molecule has 1 unspecified atom stereocenters. The van der Waals surface area contributed by atoms with Crippen molar-refractivity contribution in [3.8, 4) is 17.2 Å². The average Bonchev–Trinajstić information content (AvgIpc) is 3.22. The predicted octanol–water partition coefficient (Wildman–Crippen LogP) is 2.82. The van der Waals surface area contributed by atoms with E-state index >= 15 is 0 Å². The Morgan fingerprint density at radius 1 is 1.03 bits per heavy atom.